The third-order valence-corrected chi connectivity index (χ3v) is 2.71. The number of hydrogen-bond acceptors (Lipinski definition) is 3. The summed E-state index contributed by atoms with van der Waals surface area (Å²) in [6, 6.07) is 8.33. The lowest BCUT2D eigenvalue weighted by atomic mass is 10.3. The molecule has 1 atom stereocenters. The van der Waals surface area contributed by atoms with Crippen molar-refractivity contribution in [3.05, 3.63) is 36.9 Å². The molecule has 0 amide bonds. The zero-order valence-corrected chi connectivity index (χ0v) is 9.88. The summed E-state index contributed by atoms with van der Waals surface area (Å²) in [7, 11) is 2.32. The molecule has 15 heavy (non-hydrogen) atoms. The smallest absolute Gasteiger partial charge is 0.138 e. The highest BCUT2D eigenvalue weighted by Crippen LogP contribution is 2.08. The molecule has 0 saturated heterocycles. The average molecular weight is 222 g/mol. The molecule has 1 aromatic carbocycles. The van der Waals surface area contributed by atoms with Crippen molar-refractivity contribution in [1.82, 2.24) is 14.8 Å². The lowest BCUT2D eigenvalue weighted by Gasteiger charge is -2.01. The fourth-order valence-electron chi connectivity index (χ4n) is 1.15. The molecule has 80 valence electrons. The van der Waals surface area contributed by atoms with E-state index in [9.17, 15) is 0 Å². The second-order valence-corrected chi connectivity index (χ2v) is 3.72. The largest absolute Gasteiger partial charge is 0.333 e. The van der Waals surface area contributed by atoms with E-state index in [4.69, 9.17) is 0 Å². The molecular weight excluding hydrogens is 207 g/mol. The second-order valence-electron chi connectivity index (χ2n) is 2.64. The van der Waals surface area contributed by atoms with Crippen LogP contribution in [0, 0.1) is 0 Å². The maximum atomic E-state index is 4.50. The summed E-state index contributed by atoms with van der Waals surface area (Å²) in [6.07, 6.45) is 3.25. The van der Waals surface area contributed by atoms with Crippen LogP contribution in [0.1, 0.15) is 0 Å². The standard InChI is InChI=1S/C9H10N3P.CH5N/c1-13-9-4-2-3-8(5-9)12-7-10-6-11-12;1-2/h2-7,13H,1H3;2H2,1H3. The Morgan fingerprint density at radius 2 is 2.13 bits per heavy atom. The Morgan fingerprint density at radius 1 is 1.33 bits per heavy atom. The number of nitrogens with zero attached hydrogens (tertiary/aromatic N) is 3. The molecule has 2 rings (SSSR count). The van der Waals surface area contributed by atoms with Crippen LogP contribution in [-0.4, -0.2) is 28.5 Å². The number of aromatic nitrogens is 3. The van der Waals surface area contributed by atoms with E-state index in [1.165, 1.54) is 12.4 Å². The minimum Gasteiger partial charge on any atom is -0.333 e. The SMILES string of the molecule is CN.CPc1cccc(-n2cncn2)c1. The van der Waals surface area contributed by atoms with Crippen molar-refractivity contribution >= 4 is 13.9 Å². The Morgan fingerprint density at radius 3 is 2.73 bits per heavy atom. The van der Waals surface area contributed by atoms with E-state index in [0.29, 0.717) is 0 Å². The Labute approximate surface area is 91.3 Å². The lowest BCUT2D eigenvalue weighted by molar-refractivity contribution is 0.880. The van der Waals surface area contributed by atoms with Crippen LogP contribution >= 0.6 is 8.58 Å². The quantitative estimate of drug-likeness (QED) is 0.764. The maximum absolute atomic E-state index is 4.50. The summed E-state index contributed by atoms with van der Waals surface area (Å²) in [5.74, 6) is 0. The molecule has 1 unspecified atom stereocenters. The predicted octanol–water partition coefficient (Wildman–Crippen LogP) is 0.776. The van der Waals surface area contributed by atoms with Crippen molar-refractivity contribution in [3.8, 4) is 5.69 Å². The van der Waals surface area contributed by atoms with Crippen LogP contribution in [0.5, 0.6) is 0 Å². The van der Waals surface area contributed by atoms with Crippen LogP contribution in [-0.2, 0) is 0 Å². The lowest BCUT2D eigenvalue weighted by Crippen LogP contribution is -1.99. The molecule has 0 aliphatic carbocycles. The highest BCUT2D eigenvalue weighted by molar-refractivity contribution is 7.46. The monoisotopic (exact) mass is 222 g/mol. The Kier molecular flexibility index (Phi) is 4.95. The molecular formula is C10H15N4P. The molecule has 2 aromatic rings. The van der Waals surface area contributed by atoms with Crippen molar-refractivity contribution in [3.63, 3.8) is 0 Å². The van der Waals surface area contributed by atoms with Crippen LogP contribution in [0.3, 0.4) is 0 Å². The summed E-state index contributed by atoms with van der Waals surface area (Å²) < 4.78 is 1.77. The van der Waals surface area contributed by atoms with Crippen LogP contribution in [0.15, 0.2) is 36.9 Å². The van der Waals surface area contributed by atoms with E-state index in [1.54, 1.807) is 17.3 Å². The van der Waals surface area contributed by atoms with Crippen LogP contribution in [0.2, 0.25) is 0 Å². The second kappa shape index (κ2) is 6.27. The summed E-state index contributed by atoms with van der Waals surface area (Å²) >= 11 is 0. The van der Waals surface area contributed by atoms with Crippen molar-refractivity contribution in [2.45, 2.75) is 0 Å². The molecule has 0 aliphatic heterocycles. The summed E-state index contributed by atoms with van der Waals surface area (Å²) in [5.41, 5.74) is 5.57. The first-order valence-corrected chi connectivity index (χ1v) is 6.11. The number of nitrogens with two attached hydrogens (primary N) is 1. The van der Waals surface area contributed by atoms with E-state index in [-0.39, 0.29) is 0 Å². The Bertz CT molecular complexity index is 386. The van der Waals surface area contributed by atoms with Gasteiger partial charge < -0.3 is 5.73 Å². The summed E-state index contributed by atoms with van der Waals surface area (Å²) in [5, 5.41) is 5.41. The third kappa shape index (κ3) is 3.11. The van der Waals surface area contributed by atoms with Gasteiger partial charge in [-0.05, 0) is 31.1 Å². The van der Waals surface area contributed by atoms with Gasteiger partial charge in [-0.3, -0.25) is 0 Å². The fraction of sp³-hybridized carbons (Fsp3) is 0.200. The van der Waals surface area contributed by atoms with Crippen molar-refractivity contribution in [2.75, 3.05) is 13.7 Å². The van der Waals surface area contributed by atoms with Crippen LogP contribution < -0.4 is 11.0 Å². The molecule has 4 nitrogen and oxygen atoms in total. The fourth-order valence-corrected chi connectivity index (χ4v) is 1.70. The van der Waals surface area contributed by atoms with E-state index < -0.39 is 0 Å². The van der Waals surface area contributed by atoms with Gasteiger partial charge in [-0.15, -0.1) is 0 Å². The average Bonchev–Trinajstić information content (AvgIpc) is 2.85. The molecule has 2 N–H and O–H groups in total. The molecule has 0 bridgehead atoms. The first-order chi connectivity index (χ1) is 7.40. The highest BCUT2D eigenvalue weighted by atomic mass is 31.1. The van der Waals surface area contributed by atoms with Crippen molar-refractivity contribution < 1.29 is 0 Å². The van der Waals surface area contributed by atoms with Gasteiger partial charge in [0, 0.05) is 0 Å². The van der Waals surface area contributed by atoms with Gasteiger partial charge in [-0.2, -0.15) is 5.10 Å². The topological polar surface area (TPSA) is 56.7 Å². The maximum Gasteiger partial charge on any atom is 0.138 e. The molecule has 0 spiro atoms. The van der Waals surface area contributed by atoms with E-state index >= 15 is 0 Å². The predicted molar refractivity (Wildman–Crippen MR) is 65.3 cm³/mol. The number of benzene rings is 1. The van der Waals surface area contributed by atoms with Gasteiger partial charge >= 0.3 is 0 Å². The summed E-state index contributed by atoms with van der Waals surface area (Å²) in [4.78, 5) is 3.91. The first-order valence-electron chi connectivity index (χ1n) is 4.61. The van der Waals surface area contributed by atoms with Crippen LogP contribution in [0.4, 0.5) is 0 Å². The summed E-state index contributed by atoms with van der Waals surface area (Å²) in [6.45, 7) is 2.17. The van der Waals surface area contributed by atoms with Gasteiger partial charge in [0.25, 0.3) is 0 Å². The number of hydrogen-bond donors (Lipinski definition) is 1. The van der Waals surface area contributed by atoms with E-state index in [2.05, 4.69) is 34.6 Å². The van der Waals surface area contributed by atoms with Gasteiger partial charge in [-0.25, -0.2) is 9.67 Å². The molecule has 0 fully saturated rings. The zero-order chi connectivity index (χ0) is 11.1. The first kappa shape index (κ1) is 11.8. The molecule has 0 saturated carbocycles. The van der Waals surface area contributed by atoms with Gasteiger partial charge in [-0.1, -0.05) is 20.7 Å². The Hall–Kier alpha value is -1.25. The number of rotatable bonds is 2. The zero-order valence-electron chi connectivity index (χ0n) is 8.88. The normalized spacial score (nSPS) is 10.1. The minimum atomic E-state index is 0.819. The van der Waals surface area contributed by atoms with Crippen molar-refractivity contribution in [2.24, 2.45) is 5.73 Å². The van der Waals surface area contributed by atoms with Gasteiger partial charge in [0.15, 0.2) is 0 Å². The van der Waals surface area contributed by atoms with Crippen LogP contribution in [0.25, 0.3) is 5.69 Å². The van der Waals surface area contributed by atoms with E-state index in [0.717, 1.165) is 14.3 Å². The van der Waals surface area contributed by atoms with E-state index in [1.807, 2.05) is 12.1 Å². The van der Waals surface area contributed by atoms with Crippen molar-refractivity contribution in [1.29, 1.82) is 0 Å². The molecule has 1 heterocycles. The Balaban J connectivity index is 0.000000531. The molecule has 1 aromatic heterocycles. The molecule has 0 aliphatic rings. The highest BCUT2D eigenvalue weighted by Gasteiger charge is 1.96. The molecule has 5 heteroatoms. The minimum absolute atomic E-state index is 0.819. The third-order valence-electron chi connectivity index (χ3n) is 1.82. The van der Waals surface area contributed by atoms with Gasteiger partial charge in [0.05, 0.1) is 5.69 Å². The molecule has 0 radical (unpaired) electrons. The van der Waals surface area contributed by atoms with Gasteiger partial charge in [0.2, 0.25) is 0 Å². The van der Waals surface area contributed by atoms with Gasteiger partial charge in [0.1, 0.15) is 12.7 Å².